The molecule has 2 aromatic heterocycles. The molecular weight excluding hydrogens is 386 g/mol. The van der Waals surface area contributed by atoms with Gasteiger partial charge in [-0.25, -0.2) is 14.8 Å². The Kier molecular flexibility index (Phi) is 4.81. The summed E-state index contributed by atoms with van der Waals surface area (Å²) in [5.74, 6) is 0.781. The van der Waals surface area contributed by atoms with Crippen LogP contribution in [0.4, 0.5) is 4.79 Å². The molecule has 1 unspecified atom stereocenters. The topological polar surface area (TPSA) is 84.6 Å². The Morgan fingerprint density at radius 3 is 2.62 bits per heavy atom. The van der Waals surface area contributed by atoms with Crippen LogP contribution in [0.25, 0.3) is 10.3 Å². The maximum Gasteiger partial charge on any atom is 0.314 e. The highest BCUT2D eigenvalue weighted by Gasteiger charge is 2.40. The molecule has 0 aliphatic carbocycles. The Morgan fingerprint density at radius 2 is 1.93 bits per heavy atom. The number of rotatable bonds is 5. The van der Waals surface area contributed by atoms with Gasteiger partial charge in [0.15, 0.2) is 0 Å². The van der Waals surface area contributed by atoms with Crippen molar-refractivity contribution in [2.45, 2.75) is 31.3 Å². The van der Waals surface area contributed by atoms with Crippen LogP contribution < -0.4 is 10.5 Å². The van der Waals surface area contributed by atoms with Crippen molar-refractivity contribution in [3.63, 3.8) is 0 Å². The van der Waals surface area contributed by atoms with Gasteiger partial charge in [0, 0.05) is 37.9 Å². The molecule has 2 saturated heterocycles. The third-order valence-electron chi connectivity index (χ3n) is 5.88. The zero-order valence-electron chi connectivity index (χ0n) is 16.0. The van der Waals surface area contributed by atoms with Gasteiger partial charge in [-0.1, -0.05) is 23.5 Å². The number of carbonyl (C=O) groups excluding carboxylic acids is 1. The number of piperazine rings is 1. The van der Waals surface area contributed by atoms with Crippen LogP contribution in [-0.4, -0.2) is 57.5 Å². The number of nitrogens with zero attached hydrogens (tertiary/aromatic N) is 4. The van der Waals surface area contributed by atoms with Gasteiger partial charge < -0.3 is 15.4 Å². The molecule has 2 amide bonds. The van der Waals surface area contributed by atoms with Gasteiger partial charge in [0.05, 0.1) is 0 Å². The smallest absolute Gasteiger partial charge is 0.314 e. The Morgan fingerprint density at radius 1 is 1.17 bits per heavy atom. The number of urea groups is 1. The second kappa shape index (κ2) is 7.61. The van der Waals surface area contributed by atoms with E-state index in [9.17, 15) is 4.79 Å². The predicted molar refractivity (Wildman–Crippen MR) is 112 cm³/mol. The first-order chi connectivity index (χ1) is 14.2. The van der Waals surface area contributed by atoms with Crippen molar-refractivity contribution in [1.29, 1.82) is 0 Å². The van der Waals surface area contributed by atoms with Crippen molar-refractivity contribution in [3.8, 4) is 10.9 Å². The summed E-state index contributed by atoms with van der Waals surface area (Å²) in [7, 11) is 0. The van der Waals surface area contributed by atoms with Gasteiger partial charge in [-0.2, -0.15) is 0 Å². The third-order valence-corrected chi connectivity index (χ3v) is 6.74. The molecule has 0 saturated carbocycles. The fraction of sp³-hybridized carbons (Fsp3) is 0.381. The van der Waals surface area contributed by atoms with E-state index in [4.69, 9.17) is 10.5 Å². The van der Waals surface area contributed by atoms with Gasteiger partial charge in [-0.15, -0.1) is 0 Å². The van der Waals surface area contributed by atoms with E-state index < -0.39 is 0 Å². The average Bonchev–Trinajstić information content (AvgIpc) is 3.23. The minimum Gasteiger partial charge on any atom is -0.431 e. The van der Waals surface area contributed by atoms with E-state index >= 15 is 0 Å². The summed E-state index contributed by atoms with van der Waals surface area (Å²) in [6.07, 6.45) is 5.05. The van der Waals surface area contributed by atoms with Crippen molar-refractivity contribution in [3.05, 3.63) is 48.2 Å². The number of fused-ring (bicyclic) bond motifs is 3. The number of ether oxygens (including phenoxy) is 1. The van der Waals surface area contributed by atoms with Crippen LogP contribution in [0.1, 0.15) is 18.4 Å². The molecule has 2 atom stereocenters. The molecule has 0 radical (unpaired) electrons. The highest BCUT2D eigenvalue weighted by atomic mass is 32.1. The summed E-state index contributed by atoms with van der Waals surface area (Å²) in [4.78, 5) is 25.5. The van der Waals surface area contributed by atoms with Gasteiger partial charge in [0.1, 0.15) is 16.1 Å². The second-order valence-electron chi connectivity index (χ2n) is 7.67. The molecule has 1 aromatic carbocycles. The van der Waals surface area contributed by atoms with Crippen molar-refractivity contribution in [1.82, 2.24) is 19.8 Å². The van der Waals surface area contributed by atoms with Crippen LogP contribution in [-0.2, 0) is 6.42 Å². The number of hydrogen-bond acceptors (Lipinski definition) is 6. The summed E-state index contributed by atoms with van der Waals surface area (Å²) in [6, 6.07) is 12.6. The minimum atomic E-state index is -0.291. The number of hydrogen-bond donors (Lipinski definition) is 1. The minimum absolute atomic E-state index is 0.291. The zero-order valence-corrected chi connectivity index (χ0v) is 16.8. The van der Waals surface area contributed by atoms with Gasteiger partial charge in [-0.05, 0) is 49.1 Å². The maximum absolute atomic E-state index is 11.5. The Hall–Kier alpha value is -2.71. The molecule has 2 aliphatic rings. The predicted octanol–water partition coefficient (Wildman–Crippen LogP) is 3.25. The second-order valence-corrected chi connectivity index (χ2v) is 8.61. The molecule has 5 rings (SSSR count). The largest absolute Gasteiger partial charge is 0.431 e. The maximum atomic E-state index is 11.5. The van der Waals surface area contributed by atoms with Crippen molar-refractivity contribution in [2.24, 2.45) is 5.73 Å². The molecular formula is C21H23N5O2S. The van der Waals surface area contributed by atoms with E-state index in [0.717, 1.165) is 55.0 Å². The van der Waals surface area contributed by atoms with Crippen LogP contribution in [0.2, 0.25) is 0 Å². The number of aromatic nitrogens is 2. The fourth-order valence-electron chi connectivity index (χ4n) is 4.41. The van der Waals surface area contributed by atoms with Crippen molar-refractivity contribution < 1.29 is 9.53 Å². The number of benzene rings is 1. The van der Waals surface area contributed by atoms with Crippen LogP contribution >= 0.6 is 11.3 Å². The molecule has 2 N–H and O–H groups in total. The van der Waals surface area contributed by atoms with Crippen LogP contribution in [0.3, 0.4) is 0 Å². The lowest BCUT2D eigenvalue weighted by Gasteiger charge is -2.40. The van der Waals surface area contributed by atoms with Gasteiger partial charge in [0.2, 0.25) is 0 Å². The monoisotopic (exact) mass is 409 g/mol. The summed E-state index contributed by atoms with van der Waals surface area (Å²) < 4.78 is 5.90. The molecule has 2 bridgehead atoms. The standard InChI is InChI=1S/C21H23N5O2S/c22-20(27)25-12-15-5-6-16(13-25)26(15)11-9-14-3-7-17(8-4-14)28-21-24-18-2-1-10-23-19(18)29-21/h1-4,7-8,10,15-16H,5-6,9,11-13H2,(H2,22,27)/t15-,16?/m1/s1. The highest BCUT2D eigenvalue weighted by molar-refractivity contribution is 7.19. The summed E-state index contributed by atoms with van der Waals surface area (Å²) in [5, 5.41) is 0.607. The lowest BCUT2D eigenvalue weighted by Crippen LogP contribution is -2.56. The first-order valence-corrected chi connectivity index (χ1v) is 10.8. The lowest BCUT2D eigenvalue weighted by molar-refractivity contribution is 0.0868. The number of carbonyl (C=O) groups is 1. The van der Waals surface area contributed by atoms with Gasteiger partial charge in [-0.3, -0.25) is 4.90 Å². The third kappa shape index (κ3) is 3.77. The zero-order chi connectivity index (χ0) is 19.8. The van der Waals surface area contributed by atoms with E-state index in [-0.39, 0.29) is 6.03 Å². The Labute approximate surface area is 173 Å². The molecule has 0 spiro atoms. The average molecular weight is 410 g/mol. The lowest BCUT2D eigenvalue weighted by atomic mass is 10.1. The van der Waals surface area contributed by atoms with E-state index in [0.29, 0.717) is 17.3 Å². The Balaban J connectivity index is 1.19. The van der Waals surface area contributed by atoms with Crippen LogP contribution in [0, 0.1) is 0 Å². The number of primary amides is 1. The quantitative estimate of drug-likeness (QED) is 0.699. The molecule has 3 aromatic rings. The van der Waals surface area contributed by atoms with E-state index in [1.54, 1.807) is 11.1 Å². The molecule has 2 aliphatic heterocycles. The van der Waals surface area contributed by atoms with Gasteiger partial charge >= 0.3 is 6.03 Å². The number of thiazole rings is 1. The van der Waals surface area contributed by atoms with E-state index in [2.05, 4.69) is 27.0 Å². The summed E-state index contributed by atoms with van der Waals surface area (Å²) in [6.45, 7) is 2.52. The molecule has 29 heavy (non-hydrogen) atoms. The van der Waals surface area contributed by atoms with Gasteiger partial charge in [0.25, 0.3) is 5.19 Å². The molecule has 4 heterocycles. The number of pyridine rings is 1. The highest BCUT2D eigenvalue weighted by Crippen LogP contribution is 2.31. The fourth-order valence-corrected chi connectivity index (χ4v) is 5.19. The molecule has 7 nitrogen and oxygen atoms in total. The van der Waals surface area contributed by atoms with Crippen molar-refractivity contribution in [2.75, 3.05) is 19.6 Å². The van der Waals surface area contributed by atoms with Crippen LogP contribution in [0.15, 0.2) is 42.6 Å². The number of nitrogens with two attached hydrogens (primary N) is 1. The van der Waals surface area contributed by atoms with Crippen LogP contribution in [0.5, 0.6) is 10.9 Å². The molecule has 8 heteroatoms. The Bertz CT molecular complexity index is 974. The first kappa shape index (κ1) is 18.3. The van der Waals surface area contributed by atoms with E-state index in [1.165, 1.54) is 16.9 Å². The summed E-state index contributed by atoms with van der Waals surface area (Å²) >= 11 is 1.45. The first-order valence-electron chi connectivity index (χ1n) is 9.94. The number of likely N-dealkylation sites (tertiary alicyclic amines) is 1. The SMILES string of the molecule is NC(=O)N1CC2CC[C@H](C1)N2CCc1ccc(Oc2nc3cccnc3s2)cc1. The van der Waals surface area contributed by atoms with E-state index in [1.807, 2.05) is 24.3 Å². The summed E-state index contributed by atoms with van der Waals surface area (Å²) in [5.41, 5.74) is 7.61. The normalized spacial score (nSPS) is 21.6. The number of amides is 2. The molecule has 150 valence electrons. The molecule has 2 fully saturated rings. The van der Waals surface area contributed by atoms with Crippen molar-refractivity contribution >= 4 is 27.7 Å².